The molecular formula is C17H25BrN2O3. The lowest BCUT2D eigenvalue weighted by atomic mass is 10.2. The average Bonchev–Trinajstić information content (AvgIpc) is 2.42. The summed E-state index contributed by atoms with van der Waals surface area (Å²) in [6, 6.07) is 5.64. The predicted octanol–water partition coefficient (Wildman–Crippen LogP) is 3.22. The summed E-state index contributed by atoms with van der Waals surface area (Å²) < 4.78 is 5.96. The van der Waals surface area contributed by atoms with Crippen LogP contribution in [0.25, 0.3) is 0 Å². The third-order valence-corrected chi connectivity index (χ3v) is 3.98. The highest BCUT2D eigenvalue weighted by atomic mass is 79.9. The third-order valence-electron chi connectivity index (χ3n) is 3.09. The van der Waals surface area contributed by atoms with Crippen LogP contribution in [0.4, 0.5) is 5.69 Å². The average molecular weight is 385 g/mol. The maximum atomic E-state index is 12.2. The standard InChI is InChI=1S/C17H25BrN2O3/c1-5-23-17(22)11-20(9-12(2)3)10-16(21)19-14-6-7-15(18)13(4)8-14/h6-8,12H,5,9-11H2,1-4H3,(H,19,21). The number of carbonyl (C=O) groups is 2. The van der Waals surface area contributed by atoms with Crippen molar-refractivity contribution in [3.8, 4) is 0 Å². The number of amides is 1. The van der Waals surface area contributed by atoms with Gasteiger partial charge in [-0.2, -0.15) is 0 Å². The van der Waals surface area contributed by atoms with Crippen molar-refractivity contribution in [3.63, 3.8) is 0 Å². The van der Waals surface area contributed by atoms with Crippen LogP contribution in [0.15, 0.2) is 22.7 Å². The van der Waals surface area contributed by atoms with Gasteiger partial charge in [0, 0.05) is 16.7 Å². The number of ether oxygens (including phenoxy) is 1. The number of hydrogen-bond donors (Lipinski definition) is 1. The largest absolute Gasteiger partial charge is 0.465 e. The van der Waals surface area contributed by atoms with Gasteiger partial charge in [-0.3, -0.25) is 14.5 Å². The number of benzene rings is 1. The first-order chi connectivity index (χ1) is 10.8. The molecule has 0 fully saturated rings. The number of aryl methyl sites for hydroxylation is 1. The Kier molecular flexibility index (Phi) is 8.26. The van der Waals surface area contributed by atoms with Crippen molar-refractivity contribution >= 4 is 33.5 Å². The molecule has 0 bridgehead atoms. The van der Waals surface area contributed by atoms with E-state index in [9.17, 15) is 9.59 Å². The Labute approximate surface area is 146 Å². The van der Waals surface area contributed by atoms with Crippen LogP contribution >= 0.6 is 15.9 Å². The van der Waals surface area contributed by atoms with E-state index < -0.39 is 0 Å². The van der Waals surface area contributed by atoms with Crippen LogP contribution in [-0.2, 0) is 14.3 Å². The summed E-state index contributed by atoms with van der Waals surface area (Å²) in [4.78, 5) is 25.7. The van der Waals surface area contributed by atoms with Crippen LogP contribution in [0.5, 0.6) is 0 Å². The number of anilines is 1. The van der Waals surface area contributed by atoms with Crippen LogP contribution in [0.1, 0.15) is 26.3 Å². The minimum absolute atomic E-state index is 0.124. The molecule has 1 aromatic carbocycles. The number of carbonyl (C=O) groups excluding carboxylic acids is 2. The third kappa shape index (κ3) is 7.61. The molecule has 1 amide bonds. The maximum absolute atomic E-state index is 12.2. The second-order valence-electron chi connectivity index (χ2n) is 5.88. The molecule has 0 heterocycles. The Hall–Kier alpha value is -1.40. The van der Waals surface area contributed by atoms with Gasteiger partial charge in [-0.1, -0.05) is 29.8 Å². The number of esters is 1. The number of nitrogens with one attached hydrogen (secondary N) is 1. The van der Waals surface area contributed by atoms with Gasteiger partial charge in [0.1, 0.15) is 0 Å². The molecule has 5 nitrogen and oxygen atoms in total. The first-order valence-electron chi connectivity index (χ1n) is 7.75. The van der Waals surface area contributed by atoms with Crippen molar-refractivity contribution in [1.82, 2.24) is 4.90 Å². The van der Waals surface area contributed by atoms with E-state index in [1.165, 1.54) is 0 Å². The molecule has 0 aromatic heterocycles. The summed E-state index contributed by atoms with van der Waals surface area (Å²) in [6.45, 7) is 9.12. The van der Waals surface area contributed by atoms with Gasteiger partial charge in [-0.25, -0.2) is 0 Å². The van der Waals surface area contributed by atoms with Crippen molar-refractivity contribution in [2.75, 3.05) is 31.6 Å². The van der Waals surface area contributed by atoms with E-state index in [-0.39, 0.29) is 25.0 Å². The van der Waals surface area contributed by atoms with Crippen molar-refractivity contribution in [2.24, 2.45) is 5.92 Å². The lowest BCUT2D eigenvalue weighted by Gasteiger charge is -2.22. The SMILES string of the molecule is CCOC(=O)CN(CC(=O)Nc1ccc(Br)c(C)c1)CC(C)C. The molecule has 0 atom stereocenters. The highest BCUT2D eigenvalue weighted by Gasteiger charge is 2.16. The zero-order valence-electron chi connectivity index (χ0n) is 14.2. The monoisotopic (exact) mass is 384 g/mol. The van der Waals surface area contributed by atoms with Gasteiger partial charge in [0.2, 0.25) is 5.91 Å². The van der Waals surface area contributed by atoms with Gasteiger partial charge < -0.3 is 10.1 Å². The number of hydrogen-bond acceptors (Lipinski definition) is 4. The second-order valence-corrected chi connectivity index (χ2v) is 6.73. The maximum Gasteiger partial charge on any atom is 0.320 e. The quantitative estimate of drug-likeness (QED) is 0.699. The van der Waals surface area contributed by atoms with E-state index in [4.69, 9.17) is 4.74 Å². The topological polar surface area (TPSA) is 58.6 Å². The molecule has 0 spiro atoms. The summed E-state index contributed by atoms with van der Waals surface area (Å²) in [5.74, 6) is -0.0933. The molecule has 0 saturated heterocycles. The predicted molar refractivity (Wildman–Crippen MR) is 95.4 cm³/mol. The van der Waals surface area contributed by atoms with Gasteiger partial charge in [0.25, 0.3) is 0 Å². The molecule has 1 rings (SSSR count). The van der Waals surface area contributed by atoms with Crippen LogP contribution in [0.3, 0.4) is 0 Å². The molecule has 0 aliphatic rings. The normalized spacial score (nSPS) is 10.9. The first-order valence-corrected chi connectivity index (χ1v) is 8.55. The summed E-state index contributed by atoms with van der Waals surface area (Å²) in [7, 11) is 0. The van der Waals surface area contributed by atoms with E-state index in [1.807, 2.05) is 43.9 Å². The summed E-state index contributed by atoms with van der Waals surface area (Å²) in [6.07, 6.45) is 0. The zero-order chi connectivity index (χ0) is 17.4. The molecule has 0 aliphatic heterocycles. The van der Waals surface area contributed by atoms with Crippen LogP contribution in [0.2, 0.25) is 0 Å². The van der Waals surface area contributed by atoms with Crippen LogP contribution < -0.4 is 5.32 Å². The van der Waals surface area contributed by atoms with Crippen molar-refractivity contribution < 1.29 is 14.3 Å². The summed E-state index contributed by atoms with van der Waals surface area (Å²) in [5.41, 5.74) is 1.80. The van der Waals surface area contributed by atoms with Gasteiger partial charge >= 0.3 is 5.97 Å². The minimum Gasteiger partial charge on any atom is -0.465 e. The van der Waals surface area contributed by atoms with E-state index in [0.717, 1.165) is 15.7 Å². The molecule has 1 aromatic rings. The Balaban J connectivity index is 2.64. The minimum atomic E-state index is -0.305. The molecule has 6 heteroatoms. The van der Waals surface area contributed by atoms with E-state index in [1.54, 1.807) is 6.92 Å². The van der Waals surface area contributed by atoms with Crippen LogP contribution in [0, 0.1) is 12.8 Å². The van der Waals surface area contributed by atoms with E-state index in [0.29, 0.717) is 19.1 Å². The fraction of sp³-hybridized carbons (Fsp3) is 0.529. The number of halogens is 1. The van der Waals surface area contributed by atoms with Crippen molar-refractivity contribution in [2.45, 2.75) is 27.7 Å². The lowest BCUT2D eigenvalue weighted by Crippen LogP contribution is -2.39. The molecule has 128 valence electrons. The zero-order valence-corrected chi connectivity index (χ0v) is 15.8. The highest BCUT2D eigenvalue weighted by Crippen LogP contribution is 2.19. The molecule has 0 unspecified atom stereocenters. The first kappa shape index (κ1) is 19.6. The summed E-state index contributed by atoms with van der Waals surface area (Å²) >= 11 is 3.43. The number of rotatable bonds is 8. The van der Waals surface area contributed by atoms with Crippen LogP contribution in [-0.4, -0.2) is 43.0 Å². The smallest absolute Gasteiger partial charge is 0.320 e. The van der Waals surface area contributed by atoms with Gasteiger partial charge in [-0.15, -0.1) is 0 Å². The Morgan fingerprint density at radius 1 is 1.30 bits per heavy atom. The summed E-state index contributed by atoms with van der Waals surface area (Å²) in [5, 5.41) is 2.87. The molecule has 0 aliphatic carbocycles. The van der Waals surface area contributed by atoms with E-state index in [2.05, 4.69) is 21.2 Å². The fourth-order valence-electron chi connectivity index (χ4n) is 2.22. The van der Waals surface area contributed by atoms with Gasteiger partial charge in [0.05, 0.1) is 19.7 Å². The Morgan fingerprint density at radius 3 is 2.57 bits per heavy atom. The van der Waals surface area contributed by atoms with Crippen molar-refractivity contribution in [3.05, 3.63) is 28.2 Å². The fourth-order valence-corrected chi connectivity index (χ4v) is 2.46. The highest BCUT2D eigenvalue weighted by molar-refractivity contribution is 9.10. The lowest BCUT2D eigenvalue weighted by molar-refractivity contribution is -0.144. The second kappa shape index (κ2) is 9.67. The Bertz CT molecular complexity index is 547. The Morgan fingerprint density at radius 2 is 2.00 bits per heavy atom. The van der Waals surface area contributed by atoms with Crippen molar-refractivity contribution in [1.29, 1.82) is 0 Å². The van der Waals surface area contributed by atoms with Gasteiger partial charge in [-0.05, 0) is 43.5 Å². The molecular weight excluding hydrogens is 360 g/mol. The van der Waals surface area contributed by atoms with Gasteiger partial charge in [0.15, 0.2) is 0 Å². The molecule has 0 radical (unpaired) electrons. The molecule has 23 heavy (non-hydrogen) atoms. The molecule has 0 saturated carbocycles. The van der Waals surface area contributed by atoms with E-state index >= 15 is 0 Å². The number of nitrogens with zero attached hydrogens (tertiary/aromatic N) is 1. The molecule has 1 N–H and O–H groups in total.